The Morgan fingerprint density at radius 1 is 0.930 bits per heavy atom. The molecule has 220 valence electrons. The van der Waals surface area contributed by atoms with Crippen molar-refractivity contribution in [1.82, 2.24) is 15.2 Å². The number of aliphatic carboxylic acids is 1. The first kappa shape index (κ1) is 28.8. The smallest absolute Gasteiger partial charge is 0.320 e. The van der Waals surface area contributed by atoms with E-state index in [1.165, 1.54) is 6.07 Å². The van der Waals surface area contributed by atoms with Crippen LogP contribution in [0, 0.1) is 5.82 Å². The highest BCUT2D eigenvalue weighted by Crippen LogP contribution is 2.35. The van der Waals surface area contributed by atoms with Crippen LogP contribution in [0.4, 0.5) is 4.39 Å². The maximum Gasteiger partial charge on any atom is 0.320 e. The van der Waals surface area contributed by atoms with E-state index in [1.54, 1.807) is 12.1 Å². The molecule has 43 heavy (non-hydrogen) atoms. The molecule has 10 heteroatoms. The number of carboxylic acid groups (broad SMARTS) is 1. The van der Waals surface area contributed by atoms with Crippen LogP contribution in [0.15, 0.2) is 88.0 Å². The van der Waals surface area contributed by atoms with Gasteiger partial charge in [-0.2, -0.15) is 0 Å². The van der Waals surface area contributed by atoms with E-state index in [0.717, 1.165) is 39.6 Å². The standard InChI is InChI=1S/C33H29BrFN3O5/c34-32-23(9-6-10-25(32)22-7-2-1-3-8-22)20-42-31-17-30(41-19-21-12-13-27-28(15-21)37-43-36-27)24(16-26(31)35)18-38-14-5-4-11-29(38)33(39)40/h1-3,6-10,12-13,15-17,29H,4-5,11,14,18-20H2,(H,39,40)/t29-/m1/s1. The predicted molar refractivity (Wildman–Crippen MR) is 162 cm³/mol. The number of likely N-dealkylation sites (tertiary alicyclic amines) is 1. The SMILES string of the molecule is O=C(O)[C@H]1CCCCN1Cc1cc(F)c(OCc2cccc(-c3ccccc3)c2Br)cc1OCc1ccc2nonc2c1. The van der Waals surface area contributed by atoms with Gasteiger partial charge in [-0.1, -0.05) is 61.0 Å². The molecule has 1 aliphatic rings. The predicted octanol–water partition coefficient (Wildman–Crippen LogP) is 7.39. The summed E-state index contributed by atoms with van der Waals surface area (Å²) in [4.78, 5) is 13.8. The maximum atomic E-state index is 15.5. The Hall–Kier alpha value is -4.28. The van der Waals surface area contributed by atoms with Crippen molar-refractivity contribution in [2.45, 2.75) is 45.1 Å². The van der Waals surface area contributed by atoms with Crippen molar-refractivity contribution in [1.29, 1.82) is 0 Å². The first-order chi connectivity index (χ1) is 21.0. The van der Waals surface area contributed by atoms with Gasteiger partial charge in [-0.15, -0.1) is 0 Å². The number of hydrogen-bond acceptors (Lipinski definition) is 7. The minimum absolute atomic E-state index is 0.0420. The number of carbonyl (C=O) groups is 1. The van der Waals surface area contributed by atoms with Crippen LogP contribution in [0.1, 0.15) is 36.0 Å². The van der Waals surface area contributed by atoms with Gasteiger partial charge < -0.3 is 14.6 Å². The van der Waals surface area contributed by atoms with Gasteiger partial charge in [0.25, 0.3) is 0 Å². The average molecular weight is 647 g/mol. The lowest BCUT2D eigenvalue weighted by molar-refractivity contribution is -0.144. The summed E-state index contributed by atoms with van der Waals surface area (Å²) in [7, 11) is 0. The number of fused-ring (bicyclic) bond motifs is 1. The van der Waals surface area contributed by atoms with Crippen molar-refractivity contribution in [3.05, 3.63) is 106 Å². The van der Waals surface area contributed by atoms with Gasteiger partial charge in [0.2, 0.25) is 0 Å². The van der Waals surface area contributed by atoms with Crippen LogP contribution in [-0.2, 0) is 24.6 Å². The number of piperidine rings is 1. The molecular formula is C33H29BrFN3O5. The third-order valence-electron chi connectivity index (χ3n) is 7.65. The zero-order valence-electron chi connectivity index (χ0n) is 23.2. The molecule has 0 bridgehead atoms. The largest absolute Gasteiger partial charge is 0.488 e. The molecule has 0 radical (unpaired) electrons. The van der Waals surface area contributed by atoms with E-state index >= 15 is 4.39 Å². The number of hydrogen-bond donors (Lipinski definition) is 1. The summed E-state index contributed by atoms with van der Waals surface area (Å²) in [5.41, 5.74) is 5.53. The molecule has 5 aromatic rings. The van der Waals surface area contributed by atoms with Gasteiger partial charge in [-0.3, -0.25) is 9.69 Å². The molecule has 0 aliphatic carbocycles. The number of benzene rings is 4. The van der Waals surface area contributed by atoms with Gasteiger partial charge in [-0.05, 0) is 80.5 Å². The summed E-state index contributed by atoms with van der Waals surface area (Å²) >= 11 is 3.71. The molecule has 0 amide bonds. The fraction of sp³-hybridized carbons (Fsp3) is 0.242. The highest BCUT2D eigenvalue weighted by Gasteiger charge is 2.29. The molecule has 2 heterocycles. The van der Waals surface area contributed by atoms with Crippen molar-refractivity contribution in [2.24, 2.45) is 0 Å². The second-order valence-electron chi connectivity index (χ2n) is 10.5. The monoisotopic (exact) mass is 645 g/mol. The van der Waals surface area contributed by atoms with Crippen LogP contribution >= 0.6 is 15.9 Å². The highest BCUT2D eigenvalue weighted by molar-refractivity contribution is 9.10. The molecule has 1 atom stereocenters. The molecule has 1 aromatic heterocycles. The summed E-state index contributed by atoms with van der Waals surface area (Å²) in [5, 5.41) is 17.5. The van der Waals surface area contributed by atoms with E-state index in [2.05, 4.69) is 26.2 Å². The number of nitrogens with zero attached hydrogens (tertiary/aromatic N) is 3. The Balaban J connectivity index is 1.27. The van der Waals surface area contributed by atoms with Crippen LogP contribution in [-0.4, -0.2) is 38.9 Å². The average Bonchev–Trinajstić information content (AvgIpc) is 3.49. The second-order valence-corrected chi connectivity index (χ2v) is 11.3. The molecule has 8 nitrogen and oxygen atoms in total. The first-order valence-corrected chi connectivity index (χ1v) is 14.8. The van der Waals surface area contributed by atoms with Gasteiger partial charge in [-0.25, -0.2) is 9.02 Å². The van der Waals surface area contributed by atoms with E-state index < -0.39 is 17.8 Å². The number of carboxylic acids is 1. The van der Waals surface area contributed by atoms with E-state index in [9.17, 15) is 9.90 Å². The van der Waals surface area contributed by atoms with Gasteiger partial charge in [0.15, 0.2) is 11.6 Å². The zero-order valence-corrected chi connectivity index (χ0v) is 24.8. The van der Waals surface area contributed by atoms with E-state index in [-0.39, 0.29) is 25.5 Å². The Morgan fingerprint density at radius 2 is 1.74 bits per heavy atom. The lowest BCUT2D eigenvalue weighted by atomic mass is 10.0. The molecule has 6 rings (SSSR count). The fourth-order valence-electron chi connectivity index (χ4n) is 5.39. The molecule has 1 aliphatic heterocycles. The number of ether oxygens (including phenoxy) is 2. The minimum atomic E-state index is -0.875. The Morgan fingerprint density at radius 3 is 2.58 bits per heavy atom. The van der Waals surface area contributed by atoms with Crippen LogP contribution in [0.2, 0.25) is 0 Å². The van der Waals surface area contributed by atoms with Gasteiger partial charge in [0, 0.05) is 28.2 Å². The van der Waals surface area contributed by atoms with Crippen LogP contribution in [0.25, 0.3) is 22.2 Å². The van der Waals surface area contributed by atoms with Crippen molar-refractivity contribution in [3.8, 4) is 22.6 Å². The molecule has 0 saturated carbocycles. The van der Waals surface area contributed by atoms with Gasteiger partial charge in [0.05, 0.1) is 0 Å². The Bertz CT molecular complexity index is 1750. The number of aromatic nitrogens is 2. The Labute approximate surface area is 256 Å². The van der Waals surface area contributed by atoms with Crippen molar-refractivity contribution >= 4 is 32.9 Å². The zero-order chi connectivity index (χ0) is 29.8. The second kappa shape index (κ2) is 12.9. The van der Waals surface area contributed by atoms with E-state index in [4.69, 9.17) is 14.1 Å². The topological polar surface area (TPSA) is 97.9 Å². The van der Waals surface area contributed by atoms with E-state index in [0.29, 0.717) is 35.3 Å². The highest BCUT2D eigenvalue weighted by atomic mass is 79.9. The summed E-state index contributed by atoms with van der Waals surface area (Å²) in [6, 6.07) is 23.6. The number of rotatable bonds is 10. The third kappa shape index (κ3) is 6.55. The Kier molecular flexibility index (Phi) is 8.67. The molecular weight excluding hydrogens is 617 g/mol. The molecule has 1 saturated heterocycles. The van der Waals surface area contributed by atoms with Crippen molar-refractivity contribution < 1.29 is 28.4 Å². The number of halogens is 2. The summed E-state index contributed by atoms with van der Waals surface area (Å²) in [5.74, 6) is -0.959. The third-order valence-corrected chi connectivity index (χ3v) is 8.58. The summed E-state index contributed by atoms with van der Waals surface area (Å²) < 4.78 is 33.4. The van der Waals surface area contributed by atoms with Crippen LogP contribution in [0.5, 0.6) is 11.5 Å². The van der Waals surface area contributed by atoms with Gasteiger partial charge >= 0.3 is 5.97 Å². The van der Waals surface area contributed by atoms with Crippen molar-refractivity contribution in [3.63, 3.8) is 0 Å². The summed E-state index contributed by atoms with van der Waals surface area (Å²) in [6.07, 6.45) is 2.28. The van der Waals surface area contributed by atoms with Crippen LogP contribution in [0.3, 0.4) is 0 Å². The molecule has 1 N–H and O–H groups in total. The molecule has 0 unspecified atom stereocenters. The van der Waals surface area contributed by atoms with E-state index in [1.807, 2.05) is 65.6 Å². The van der Waals surface area contributed by atoms with Crippen LogP contribution < -0.4 is 9.47 Å². The molecule has 1 fully saturated rings. The molecule has 0 spiro atoms. The lowest BCUT2D eigenvalue weighted by Crippen LogP contribution is -2.44. The van der Waals surface area contributed by atoms with Gasteiger partial charge in [0.1, 0.15) is 36.0 Å². The maximum absolute atomic E-state index is 15.5. The van der Waals surface area contributed by atoms with Crippen molar-refractivity contribution in [2.75, 3.05) is 6.54 Å². The summed E-state index contributed by atoms with van der Waals surface area (Å²) in [6.45, 7) is 1.15. The lowest BCUT2D eigenvalue weighted by Gasteiger charge is -2.33. The first-order valence-electron chi connectivity index (χ1n) is 14.0. The fourth-order valence-corrected chi connectivity index (χ4v) is 6.00. The quantitative estimate of drug-likeness (QED) is 0.168. The minimum Gasteiger partial charge on any atom is -0.488 e. The normalized spacial score (nSPS) is 15.4. The molecule has 4 aromatic carbocycles.